The number of aryl methyl sites for hydroxylation is 1. The van der Waals surface area contributed by atoms with E-state index in [1.54, 1.807) is 26.0 Å². The molecule has 0 fully saturated rings. The molecule has 0 amide bonds. The largest absolute Gasteiger partial charge is 0.477 e. The smallest absolute Gasteiger partial charge is 0.345 e. The number of carboxylic acid groups (broad SMARTS) is 1. The molecule has 0 saturated carbocycles. The van der Waals surface area contributed by atoms with Gasteiger partial charge >= 0.3 is 5.97 Å². The van der Waals surface area contributed by atoms with Gasteiger partial charge in [0.05, 0.1) is 17.2 Å². The van der Waals surface area contributed by atoms with Crippen molar-refractivity contribution in [1.29, 1.82) is 0 Å². The van der Waals surface area contributed by atoms with E-state index < -0.39 is 22.0 Å². The molecule has 2 N–H and O–H groups in total. The van der Waals surface area contributed by atoms with Crippen LogP contribution in [0.4, 0.5) is 0 Å². The number of carbonyl (C=O) groups is 1. The first-order valence-electron chi connectivity index (χ1n) is 5.70. The number of rotatable bonds is 5. The average molecular weight is 315 g/mol. The summed E-state index contributed by atoms with van der Waals surface area (Å²) in [4.78, 5) is 11.3. The van der Waals surface area contributed by atoms with Gasteiger partial charge < -0.3 is 9.52 Å². The predicted molar refractivity (Wildman–Crippen MR) is 73.5 cm³/mol. The van der Waals surface area contributed by atoms with Crippen LogP contribution in [0.2, 0.25) is 0 Å². The highest BCUT2D eigenvalue weighted by atomic mass is 32.2. The number of nitrogens with one attached hydrogen (secondary N) is 1. The van der Waals surface area contributed by atoms with Crippen LogP contribution in [0, 0.1) is 6.92 Å². The predicted octanol–water partition coefficient (Wildman–Crippen LogP) is 2.39. The highest BCUT2D eigenvalue weighted by Gasteiger charge is 2.25. The molecule has 0 aliphatic rings. The van der Waals surface area contributed by atoms with Crippen molar-refractivity contribution in [1.82, 2.24) is 4.72 Å². The minimum absolute atomic E-state index is 0.00599. The molecule has 0 aliphatic carbocycles. The van der Waals surface area contributed by atoms with Crippen LogP contribution in [-0.2, 0) is 10.0 Å². The Labute approximate surface area is 120 Å². The van der Waals surface area contributed by atoms with Gasteiger partial charge in [-0.25, -0.2) is 17.9 Å². The van der Waals surface area contributed by atoms with Crippen LogP contribution in [0.5, 0.6) is 0 Å². The lowest BCUT2D eigenvalue weighted by atomic mass is 10.3. The first-order valence-corrected chi connectivity index (χ1v) is 8.00. The van der Waals surface area contributed by atoms with E-state index >= 15 is 0 Å². The Bertz CT molecular complexity index is 715. The van der Waals surface area contributed by atoms with Gasteiger partial charge in [0.1, 0.15) is 10.6 Å². The summed E-state index contributed by atoms with van der Waals surface area (Å²) < 4.78 is 32.1. The summed E-state index contributed by atoms with van der Waals surface area (Å²) in [5.41, 5.74) is 0. The van der Waals surface area contributed by atoms with Gasteiger partial charge in [0.25, 0.3) is 0 Å². The van der Waals surface area contributed by atoms with E-state index in [2.05, 4.69) is 4.72 Å². The fourth-order valence-corrected chi connectivity index (χ4v) is 4.37. The molecule has 108 valence electrons. The fourth-order valence-electron chi connectivity index (χ4n) is 1.73. The Balaban J connectivity index is 2.29. The number of sulfonamides is 1. The monoisotopic (exact) mass is 315 g/mol. The summed E-state index contributed by atoms with van der Waals surface area (Å²) in [6.45, 7) is 3.22. The molecule has 1 atom stereocenters. The van der Waals surface area contributed by atoms with E-state index in [1.807, 2.05) is 0 Å². The molecular weight excluding hydrogens is 302 g/mol. The molecule has 0 unspecified atom stereocenters. The summed E-state index contributed by atoms with van der Waals surface area (Å²) in [7, 11) is -3.79. The number of hydrogen-bond donors (Lipinski definition) is 2. The molecule has 0 radical (unpaired) electrons. The third-order valence-corrected chi connectivity index (χ3v) is 5.51. The van der Waals surface area contributed by atoms with Crippen molar-refractivity contribution in [3.63, 3.8) is 0 Å². The zero-order chi connectivity index (χ0) is 14.9. The van der Waals surface area contributed by atoms with E-state index in [1.165, 1.54) is 12.3 Å². The summed E-state index contributed by atoms with van der Waals surface area (Å²) in [6, 6.07) is 3.96. The quantitative estimate of drug-likeness (QED) is 0.883. The Kier molecular flexibility index (Phi) is 3.98. The zero-order valence-corrected chi connectivity index (χ0v) is 12.4. The van der Waals surface area contributed by atoms with Crippen molar-refractivity contribution in [2.45, 2.75) is 24.8 Å². The maximum Gasteiger partial charge on any atom is 0.345 e. The van der Waals surface area contributed by atoms with Gasteiger partial charge in [0.15, 0.2) is 0 Å². The van der Waals surface area contributed by atoms with Crippen molar-refractivity contribution in [3.05, 3.63) is 40.0 Å². The van der Waals surface area contributed by atoms with Crippen molar-refractivity contribution >= 4 is 27.3 Å². The lowest BCUT2D eigenvalue weighted by Gasteiger charge is -2.11. The number of furan rings is 1. The Morgan fingerprint density at radius 2 is 2.20 bits per heavy atom. The van der Waals surface area contributed by atoms with Crippen molar-refractivity contribution < 1.29 is 22.7 Å². The van der Waals surface area contributed by atoms with Crippen LogP contribution in [-0.4, -0.2) is 19.5 Å². The van der Waals surface area contributed by atoms with Gasteiger partial charge in [0, 0.05) is 4.88 Å². The number of carboxylic acids is 1. The van der Waals surface area contributed by atoms with Gasteiger partial charge in [-0.15, -0.1) is 11.3 Å². The Morgan fingerprint density at radius 3 is 2.70 bits per heavy atom. The average Bonchev–Trinajstić information content (AvgIpc) is 2.96. The molecule has 20 heavy (non-hydrogen) atoms. The molecule has 0 aromatic carbocycles. The van der Waals surface area contributed by atoms with Gasteiger partial charge in [-0.05, 0) is 32.0 Å². The number of hydrogen-bond acceptors (Lipinski definition) is 5. The highest BCUT2D eigenvalue weighted by Crippen LogP contribution is 2.27. The van der Waals surface area contributed by atoms with Crippen molar-refractivity contribution in [2.75, 3.05) is 0 Å². The maximum atomic E-state index is 12.3. The fraction of sp³-hybridized carbons (Fsp3) is 0.250. The number of thiophene rings is 1. The van der Waals surface area contributed by atoms with Crippen LogP contribution in [0.25, 0.3) is 0 Å². The molecule has 2 heterocycles. The summed E-state index contributed by atoms with van der Waals surface area (Å²) >= 11 is 0.932. The summed E-state index contributed by atoms with van der Waals surface area (Å²) in [5.74, 6) is -0.654. The lowest BCUT2D eigenvalue weighted by molar-refractivity contribution is 0.0702. The first-order chi connectivity index (χ1) is 9.31. The lowest BCUT2D eigenvalue weighted by Crippen LogP contribution is -2.26. The van der Waals surface area contributed by atoms with E-state index in [-0.39, 0.29) is 9.77 Å². The van der Waals surface area contributed by atoms with Crippen LogP contribution in [0.15, 0.2) is 33.8 Å². The molecule has 6 nitrogen and oxygen atoms in total. The normalized spacial score (nSPS) is 13.3. The van der Waals surface area contributed by atoms with Crippen LogP contribution < -0.4 is 4.72 Å². The van der Waals surface area contributed by atoms with E-state index in [9.17, 15) is 13.2 Å². The van der Waals surface area contributed by atoms with Crippen LogP contribution >= 0.6 is 11.3 Å². The molecule has 2 aromatic rings. The standard InChI is InChI=1S/C12H13NO5S2/c1-7(9-4-3-5-18-9)13-20(16,17)11-6-10(12(14)15)19-8(11)2/h3-7,13H,1-2H3,(H,14,15)/t7-/m1/s1. The molecular formula is C12H13NO5S2. The first kappa shape index (κ1) is 14.8. The van der Waals surface area contributed by atoms with Crippen molar-refractivity contribution in [3.8, 4) is 0 Å². The molecule has 0 saturated heterocycles. The molecule has 2 rings (SSSR count). The second-order valence-electron chi connectivity index (χ2n) is 4.19. The minimum atomic E-state index is -3.79. The molecule has 8 heteroatoms. The van der Waals surface area contributed by atoms with Gasteiger partial charge in [-0.1, -0.05) is 0 Å². The second-order valence-corrected chi connectivity index (χ2v) is 7.13. The second kappa shape index (κ2) is 5.39. The molecule has 0 bridgehead atoms. The Morgan fingerprint density at radius 1 is 1.50 bits per heavy atom. The summed E-state index contributed by atoms with van der Waals surface area (Å²) in [6.07, 6.45) is 1.46. The van der Waals surface area contributed by atoms with Crippen LogP contribution in [0.1, 0.15) is 33.3 Å². The topological polar surface area (TPSA) is 96.6 Å². The SMILES string of the molecule is Cc1sc(C(=O)O)cc1S(=O)(=O)N[C@H](C)c1ccco1. The zero-order valence-electron chi connectivity index (χ0n) is 10.8. The highest BCUT2D eigenvalue weighted by molar-refractivity contribution is 7.89. The molecule has 0 spiro atoms. The molecule has 2 aromatic heterocycles. The van der Waals surface area contributed by atoms with Crippen molar-refractivity contribution in [2.24, 2.45) is 0 Å². The van der Waals surface area contributed by atoms with Gasteiger partial charge in [-0.3, -0.25) is 0 Å². The minimum Gasteiger partial charge on any atom is -0.477 e. The van der Waals surface area contributed by atoms with Gasteiger partial charge in [-0.2, -0.15) is 0 Å². The van der Waals surface area contributed by atoms with E-state index in [0.29, 0.717) is 10.6 Å². The number of aromatic carboxylic acids is 1. The third kappa shape index (κ3) is 2.92. The van der Waals surface area contributed by atoms with E-state index in [4.69, 9.17) is 9.52 Å². The maximum absolute atomic E-state index is 12.3. The van der Waals surface area contributed by atoms with Crippen LogP contribution in [0.3, 0.4) is 0 Å². The molecule has 0 aliphatic heterocycles. The Hall–Kier alpha value is -1.64. The summed E-state index contributed by atoms with van der Waals surface area (Å²) in [5, 5.41) is 8.90. The van der Waals surface area contributed by atoms with Gasteiger partial charge in [0.2, 0.25) is 10.0 Å². The van der Waals surface area contributed by atoms with E-state index in [0.717, 1.165) is 11.3 Å². The third-order valence-electron chi connectivity index (χ3n) is 2.67.